The molecule has 0 bridgehead atoms. The van der Waals surface area contributed by atoms with Crippen molar-refractivity contribution in [3.63, 3.8) is 0 Å². The third-order valence-corrected chi connectivity index (χ3v) is 3.54. The number of hydrogen-bond acceptors (Lipinski definition) is 3. The predicted molar refractivity (Wildman–Crippen MR) is 73.0 cm³/mol. The van der Waals surface area contributed by atoms with E-state index >= 15 is 0 Å². The second-order valence-corrected chi connectivity index (χ2v) is 5.23. The zero-order chi connectivity index (χ0) is 14.7. The molecule has 20 heavy (non-hydrogen) atoms. The van der Waals surface area contributed by atoms with Gasteiger partial charge < -0.3 is 14.7 Å². The Labute approximate surface area is 122 Å². The second-order valence-electron chi connectivity index (χ2n) is 4.96. The van der Waals surface area contributed by atoms with E-state index in [1.54, 1.807) is 13.0 Å². The van der Waals surface area contributed by atoms with E-state index in [-0.39, 0.29) is 37.4 Å². The van der Waals surface area contributed by atoms with Gasteiger partial charge in [0.2, 0.25) is 5.91 Å². The smallest absolute Gasteiger partial charge is 0.238 e. The Kier molecular flexibility index (Phi) is 4.96. The van der Waals surface area contributed by atoms with Crippen molar-refractivity contribution in [3.8, 4) is 0 Å². The fourth-order valence-corrected chi connectivity index (χ4v) is 2.55. The van der Waals surface area contributed by atoms with Gasteiger partial charge in [-0.25, -0.2) is 4.39 Å². The normalized spacial score (nSPS) is 22.0. The minimum absolute atomic E-state index is 0.183. The first-order valence-corrected chi connectivity index (χ1v) is 6.92. The Morgan fingerprint density at radius 2 is 2.25 bits per heavy atom. The van der Waals surface area contributed by atoms with Crippen LogP contribution in [-0.4, -0.2) is 47.2 Å². The molecule has 2 rings (SSSR count). The standard InChI is InChI=1S/C14H17ClFNO3/c1-9-2-10(4-11(16)3-9)6-17(14(19)5-15)12-7-20-8-13(12)18/h2-4,12-13,18H,5-8H2,1H3/t12-,13-/m1/s1. The predicted octanol–water partition coefficient (Wildman–Crippen LogP) is 1.46. The van der Waals surface area contributed by atoms with Gasteiger partial charge in [0.1, 0.15) is 11.7 Å². The molecule has 1 saturated heterocycles. The monoisotopic (exact) mass is 301 g/mol. The quantitative estimate of drug-likeness (QED) is 0.857. The molecule has 4 nitrogen and oxygen atoms in total. The molecule has 0 radical (unpaired) electrons. The lowest BCUT2D eigenvalue weighted by Gasteiger charge is -2.29. The van der Waals surface area contributed by atoms with E-state index in [1.807, 2.05) is 0 Å². The molecule has 6 heteroatoms. The number of ether oxygens (including phenoxy) is 1. The molecule has 0 aromatic heterocycles. The van der Waals surface area contributed by atoms with Gasteiger partial charge in [0, 0.05) is 6.54 Å². The number of nitrogens with zero attached hydrogens (tertiary/aromatic N) is 1. The zero-order valence-corrected chi connectivity index (χ0v) is 11.9. The van der Waals surface area contributed by atoms with Crippen molar-refractivity contribution in [2.75, 3.05) is 19.1 Å². The van der Waals surface area contributed by atoms with Gasteiger partial charge in [0.05, 0.1) is 25.4 Å². The topological polar surface area (TPSA) is 49.8 Å². The van der Waals surface area contributed by atoms with E-state index in [9.17, 15) is 14.3 Å². The van der Waals surface area contributed by atoms with E-state index in [2.05, 4.69) is 0 Å². The van der Waals surface area contributed by atoms with Crippen LogP contribution in [0.25, 0.3) is 0 Å². The van der Waals surface area contributed by atoms with Crippen LogP contribution in [-0.2, 0) is 16.1 Å². The molecule has 0 spiro atoms. The van der Waals surface area contributed by atoms with Gasteiger partial charge in [-0.15, -0.1) is 11.6 Å². The molecule has 0 unspecified atom stereocenters. The highest BCUT2D eigenvalue weighted by atomic mass is 35.5. The third kappa shape index (κ3) is 3.48. The van der Waals surface area contributed by atoms with Crippen LogP contribution >= 0.6 is 11.6 Å². The van der Waals surface area contributed by atoms with E-state index in [0.717, 1.165) is 5.56 Å². The highest BCUT2D eigenvalue weighted by molar-refractivity contribution is 6.27. The lowest BCUT2D eigenvalue weighted by atomic mass is 10.1. The van der Waals surface area contributed by atoms with Gasteiger partial charge in [0.25, 0.3) is 0 Å². The molecule has 0 saturated carbocycles. The first-order valence-electron chi connectivity index (χ1n) is 6.38. The van der Waals surface area contributed by atoms with Crippen LogP contribution in [0.2, 0.25) is 0 Å². The van der Waals surface area contributed by atoms with Gasteiger partial charge in [-0.05, 0) is 30.2 Å². The summed E-state index contributed by atoms with van der Waals surface area (Å²) in [5.74, 6) is -0.832. The second kappa shape index (κ2) is 6.52. The Hall–Kier alpha value is -1.17. The average molecular weight is 302 g/mol. The number of aryl methyl sites for hydroxylation is 1. The molecule has 1 amide bonds. The van der Waals surface area contributed by atoms with Gasteiger partial charge in [0.15, 0.2) is 0 Å². The molecule has 1 aliphatic heterocycles. The maximum Gasteiger partial charge on any atom is 0.238 e. The number of carbonyl (C=O) groups excluding carboxylic acids is 1. The third-order valence-electron chi connectivity index (χ3n) is 3.31. The molecule has 1 aromatic carbocycles. The largest absolute Gasteiger partial charge is 0.388 e. The summed E-state index contributed by atoms with van der Waals surface area (Å²) in [6.07, 6.45) is -0.739. The summed E-state index contributed by atoms with van der Waals surface area (Å²) in [6, 6.07) is 4.17. The van der Waals surface area contributed by atoms with Crippen molar-refractivity contribution in [2.24, 2.45) is 0 Å². The van der Waals surface area contributed by atoms with Gasteiger partial charge in [-0.3, -0.25) is 4.79 Å². The molecule has 1 aromatic rings. The number of amides is 1. The van der Waals surface area contributed by atoms with Crippen LogP contribution in [0.1, 0.15) is 11.1 Å². The number of aliphatic hydroxyl groups is 1. The lowest BCUT2D eigenvalue weighted by Crippen LogP contribution is -2.46. The SMILES string of the molecule is Cc1cc(F)cc(CN(C(=O)CCl)[C@@H]2COC[C@H]2O)c1. The van der Waals surface area contributed by atoms with Crippen molar-refractivity contribution in [3.05, 3.63) is 35.1 Å². The number of alkyl halides is 1. The van der Waals surface area contributed by atoms with E-state index in [1.165, 1.54) is 17.0 Å². The Morgan fingerprint density at radius 3 is 2.80 bits per heavy atom. The minimum atomic E-state index is -0.739. The Balaban J connectivity index is 2.21. The molecule has 1 aliphatic rings. The number of aliphatic hydroxyl groups excluding tert-OH is 1. The first-order chi connectivity index (χ1) is 9.51. The molecule has 110 valence electrons. The molecule has 1 N–H and O–H groups in total. The first kappa shape index (κ1) is 15.2. The summed E-state index contributed by atoms with van der Waals surface area (Å²) in [7, 11) is 0. The summed E-state index contributed by atoms with van der Waals surface area (Å²) >= 11 is 5.61. The van der Waals surface area contributed by atoms with Crippen molar-refractivity contribution in [1.29, 1.82) is 0 Å². The number of halogens is 2. The molecular weight excluding hydrogens is 285 g/mol. The van der Waals surface area contributed by atoms with Crippen LogP contribution in [0.3, 0.4) is 0 Å². The number of hydrogen-bond donors (Lipinski definition) is 1. The summed E-state index contributed by atoms with van der Waals surface area (Å²) in [5, 5.41) is 9.85. The average Bonchev–Trinajstić information content (AvgIpc) is 2.80. The van der Waals surface area contributed by atoms with Gasteiger partial charge in [-0.2, -0.15) is 0 Å². The van der Waals surface area contributed by atoms with Crippen LogP contribution in [0.4, 0.5) is 4.39 Å². The van der Waals surface area contributed by atoms with Crippen LogP contribution in [0.15, 0.2) is 18.2 Å². The summed E-state index contributed by atoms with van der Waals surface area (Å²) in [5.41, 5.74) is 1.45. The molecular formula is C14H17ClFNO3. The lowest BCUT2D eigenvalue weighted by molar-refractivity contribution is -0.133. The summed E-state index contributed by atoms with van der Waals surface area (Å²) in [4.78, 5) is 13.4. The minimum Gasteiger partial charge on any atom is -0.388 e. The fourth-order valence-electron chi connectivity index (χ4n) is 2.40. The summed E-state index contributed by atoms with van der Waals surface area (Å²) < 4.78 is 18.6. The van der Waals surface area contributed by atoms with Gasteiger partial charge in [-0.1, -0.05) is 6.07 Å². The van der Waals surface area contributed by atoms with Crippen molar-refractivity contribution >= 4 is 17.5 Å². The maximum absolute atomic E-state index is 13.4. The zero-order valence-electron chi connectivity index (χ0n) is 11.2. The highest BCUT2D eigenvalue weighted by Crippen LogP contribution is 2.19. The molecule has 2 atom stereocenters. The molecule has 0 aliphatic carbocycles. The molecule has 1 fully saturated rings. The number of rotatable bonds is 4. The maximum atomic E-state index is 13.4. The summed E-state index contributed by atoms with van der Waals surface area (Å²) in [6.45, 7) is 2.44. The van der Waals surface area contributed by atoms with Crippen molar-refractivity contribution in [2.45, 2.75) is 25.6 Å². The van der Waals surface area contributed by atoms with E-state index in [4.69, 9.17) is 16.3 Å². The highest BCUT2D eigenvalue weighted by Gasteiger charge is 2.34. The van der Waals surface area contributed by atoms with Crippen molar-refractivity contribution in [1.82, 2.24) is 4.90 Å². The Bertz CT molecular complexity index is 477. The number of benzene rings is 1. The van der Waals surface area contributed by atoms with E-state index in [0.29, 0.717) is 5.56 Å². The van der Waals surface area contributed by atoms with Crippen molar-refractivity contribution < 1.29 is 19.0 Å². The number of carbonyl (C=O) groups is 1. The van der Waals surface area contributed by atoms with E-state index < -0.39 is 12.1 Å². The Morgan fingerprint density at radius 1 is 1.50 bits per heavy atom. The van der Waals surface area contributed by atoms with Crippen LogP contribution in [0.5, 0.6) is 0 Å². The van der Waals surface area contributed by atoms with Gasteiger partial charge >= 0.3 is 0 Å². The van der Waals surface area contributed by atoms with Crippen LogP contribution in [0, 0.1) is 12.7 Å². The van der Waals surface area contributed by atoms with Crippen LogP contribution < -0.4 is 0 Å². The molecule has 1 heterocycles. The fraction of sp³-hybridized carbons (Fsp3) is 0.500.